The Morgan fingerprint density at radius 2 is 1.30 bits per heavy atom. The Hall–Kier alpha value is -1.43. The zero-order chi connectivity index (χ0) is 17.2. The van der Waals surface area contributed by atoms with Crippen LogP contribution in [0.3, 0.4) is 0 Å². The molecule has 0 aromatic rings. The molecule has 0 fully saturated rings. The van der Waals surface area contributed by atoms with E-state index in [4.69, 9.17) is 5.73 Å². The average Bonchev–Trinajstić information content (AvgIpc) is 2.54. The van der Waals surface area contributed by atoms with Crippen molar-refractivity contribution in [1.29, 1.82) is 0 Å². The van der Waals surface area contributed by atoms with Crippen LogP contribution in [0.4, 0.5) is 0 Å². The van der Waals surface area contributed by atoms with Gasteiger partial charge < -0.3 is 21.2 Å². The fourth-order valence-corrected chi connectivity index (χ4v) is 2.19. The van der Waals surface area contributed by atoms with E-state index in [2.05, 4.69) is 10.6 Å². The van der Waals surface area contributed by atoms with Crippen molar-refractivity contribution in [2.75, 3.05) is 19.6 Å². The first-order valence-electron chi connectivity index (χ1n) is 8.87. The third-order valence-corrected chi connectivity index (χ3v) is 3.58. The van der Waals surface area contributed by atoms with Crippen molar-refractivity contribution >= 4 is 18.1 Å². The van der Waals surface area contributed by atoms with Crippen LogP contribution < -0.4 is 16.4 Å². The number of hydrogen-bond acceptors (Lipinski definition) is 4. The summed E-state index contributed by atoms with van der Waals surface area (Å²) in [5.41, 5.74) is 5.41. The van der Waals surface area contributed by atoms with Crippen LogP contribution in [-0.2, 0) is 14.4 Å². The monoisotopic (exact) mass is 327 g/mol. The van der Waals surface area contributed by atoms with Gasteiger partial charge in [-0.05, 0) is 38.6 Å². The van der Waals surface area contributed by atoms with Crippen LogP contribution >= 0.6 is 0 Å². The summed E-state index contributed by atoms with van der Waals surface area (Å²) >= 11 is 0. The number of unbranched alkanes of at least 4 members (excludes halogenated alkanes) is 6. The van der Waals surface area contributed by atoms with E-state index in [1.54, 1.807) is 0 Å². The minimum Gasteiger partial charge on any atom is -0.356 e. The van der Waals surface area contributed by atoms with Gasteiger partial charge >= 0.3 is 0 Å². The first-order chi connectivity index (χ1) is 11.2. The highest BCUT2D eigenvalue weighted by Gasteiger charge is 2.03. The molecule has 0 bridgehead atoms. The molecule has 0 radical (unpaired) electrons. The molecule has 23 heavy (non-hydrogen) atoms. The van der Waals surface area contributed by atoms with Gasteiger partial charge in [-0.2, -0.15) is 0 Å². The van der Waals surface area contributed by atoms with Crippen molar-refractivity contribution in [3.05, 3.63) is 0 Å². The zero-order valence-electron chi connectivity index (χ0n) is 14.3. The fraction of sp³-hybridized carbons (Fsp3) is 0.824. The minimum absolute atomic E-state index is 0.0245. The van der Waals surface area contributed by atoms with E-state index >= 15 is 0 Å². The molecule has 134 valence electrons. The number of hydrogen-bond donors (Lipinski definition) is 3. The highest BCUT2D eigenvalue weighted by molar-refractivity contribution is 5.77. The number of aldehydes is 1. The molecular weight excluding hydrogens is 294 g/mol. The molecule has 0 spiro atoms. The Kier molecular flexibility index (Phi) is 15.9. The van der Waals surface area contributed by atoms with Gasteiger partial charge in [0, 0.05) is 32.4 Å². The van der Waals surface area contributed by atoms with Crippen LogP contribution in [0, 0.1) is 0 Å². The number of nitrogens with two attached hydrogens (primary N) is 1. The molecule has 6 nitrogen and oxygen atoms in total. The summed E-state index contributed by atoms with van der Waals surface area (Å²) in [5.74, 6) is 0.0877. The fourth-order valence-electron chi connectivity index (χ4n) is 2.19. The summed E-state index contributed by atoms with van der Waals surface area (Å²) in [6.45, 7) is 1.92. The van der Waals surface area contributed by atoms with Crippen LogP contribution in [0.2, 0.25) is 0 Å². The molecule has 0 aliphatic carbocycles. The second kappa shape index (κ2) is 16.9. The molecule has 4 N–H and O–H groups in total. The molecule has 2 amide bonds. The van der Waals surface area contributed by atoms with Crippen LogP contribution in [-0.4, -0.2) is 37.7 Å². The molecule has 0 saturated heterocycles. The maximum atomic E-state index is 11.6. The van der Waals surface area contributed by atoms with E-state index in [1.807, 2.05) is 0 Å². The van der Waals surface area contributed by atoms with Crippen molar-refractivity contribution in [3.8, 4) is 0 Å². The van der Waals surface area contributed by atoms with E-state index in [1.165, 1.54) is 0 Å². The Morgan fingerprint density at radius 1 is 0.739 bits per heavy atom. The van der Waals surface area contributed by atoms with E-state index in [0.717, 1.165) is 51.2 Å². The summed E-state index contributed by atoms with van der Waals surface area (Å²) in [6.07, 6.45) is 9.97. The average molecular weight is 327 g/mol. The number of carbonyl (C=O) groups excluding carboxylic acids is 3. The Bertz CT molecular complexity index is 322. The van der Waals surface area contributed by atoms with Gasteiger partial charge in [0.25, 0.3) is 0 Å². The third kappa shape index (κ3) is 16.8. The quantitative estimate of drug-likeness (QED) is 0.296. The van der Waals surface area contributed by atoms with Gasteiger partial charge in [0.2, 0.25) is 11.8 Å². The molecule has 0 aromatic heterocycles. The summed E-state index contributed by atoms with van der Waals surface area (Å²) < 4.78 is 0. The van der Waals surface area contributed by atoms with Crippen molar-refractivity contribution in [2.24, 2.45) is 5.73 Å². The molecule has 0 aromatic carbocycles. The summed E-state index contributed by atoms with van der Waals surface area (Å²) in [7, 11) is 0. The Balaban J connectivity index is 3.33. The van der Waals surface area contributed by atoms with Gasteiger partial charge in [0.15, 0.2) is 0 Å². The molecule has 0 saturated carbocycles. The predicted molar refractivity (Wildman–Crippen MR) is 91.9 cm³/mol. The SMILES string of the molecule is NCCCCCCC(=O)NCCCC(=O)NCCCCCC=O. The zero-order valence-corrected chi connectivity index (χ0v) is 14.3. The number of rotatable bonds is 16. The summed E-state index contributed by atoms with van der Waals surface area (Å²) in [5, 5.41) is 5.69. The van der Waals surface area contributed by atoms with Crippen LogP contribution in [0.15, 0.2) is 0 Å². The molecule has 0 unspecified atom stereocenters. The highest BCUT2D eigenvalue weighted by Crippen LogP contribution is 2.02. The van der Waals surface area contributed by atoms with E-state index < -0.39 is 0 Å². The lowest BCUT2D eigenvalue weighted by molar-refractivity contribution is -0.123. The number of amides is 2. The van der Waals surface area contributed by atoms with Gasteiger partial charge in [-0.15, -0.1) is 0 Å². The van der Waals surface area contributed by atoms with Crippen molar-refractivity contribution in [1.82, 2.24) is 10.6 Å². The van der Waals surface area contributed by atoms with E-state index in [9.17, 15) is 14.4 Å². The van der Waals surface area contributed by atoms with Gasteiger partial charge in [0.05, 0.1) is 0 Å². The molecular formula is C17H33N3O3. The van der Waals surface area contributed by atoms with Gasteiger partial charge in [-0.25, -0.2) is 0 Å². The van der Waals surface area contributed by atoms with E-state index in [0.29, 0.717) is 45.3 Å². The second-order valence-corrected chi connectivity index (χ2v) is 5.77. The Morgan fingerprint density at radius 3 is 1.96 bits per heavy atom. The summed E-state index contributed by atoms with van der Waals surface area (Å²) in [6, 6.07) is 0. The number of nitrogens with one attached hydrogen (secondary N) is 2. The van der Waals surface area contributed by atoms with Crippen molar-refractivity contribution in [3.63, 3.8) is 0 Å². The lowest BCUT2D eigenvalue weighted by Crippen LogP contribution is -2.27. The molecule has 0 aliphatic rings. The molecule has 6 heteroatoms. The maximum absolute atomic E-state index is 11.6. The van der Waals surface area contributed by atoms with Crippen molar-refractivity contribution in [2.45, 2.75) is 70.6 Å². The lowest BCUT2D eigenvalue weighted by atomic mass is 10.1. The molecule has 0 rings (SSSR count). The first-order valence-corrected chi connectivity index (χ1v) is 8.87. The van der Waals surface area contributed by atoms with Gasteiger partial charge in [-0.3, -0.25) is 9.59 Å². The predicted octanol–water partition coefficient (Wildman–Crippen LogP) is 1.67. The summed E-state index contributed by atoms with van der Waals surface area (Å²) in [4.78, 5) is 33.3. The normalized spacial score (nSPS) is 10.3. The minimum atomic E-state index is 0.0245. The largest absolute Gasteiger partial charge is 0.356 e. The van der Waals surface area contributed by atoms with Crippen molar-refractivity contribution < 1.29 is 14.4 Å². The van der Waals surface area contributed by atoms with Crippen LogP contribution in [0.1, 0.15) is 70.6 Å². The smallest absolute Gasteiger partial charge is 0.220 e. The maximum Gasteiger partial charge on any atom is 0.220 e. The van der Waals surface area contributed by atoms with Gasteiger partial charge in [0.1, 0.15) is 6.29 Å². The van der Waals surface area contributed by atoms with Gasteiger partial charge in [-0.1, -0.05) is 19.3 Å². The Labute approximate surface area is 140 Å². The molecule has 0 aliphatic heterocycles. The standard InChI is InChI=1S/C17H33N3O3/c18-12-6-2-1-5-10-16(22)20-14-9-11-17(23)19-13-7-3-4-8-15-21/h15H,1-14,18H2,(H,19,23)(H,20,22). The highest BCUT2D eigenvalue weighted by atomic mass is 16.2. The molecule has 0 heterocycles. The first kappa shape index (κ1) is 21.6. The molecule has 0 atom stereocenters. The van der Waals surface area contributed by atoms with Crippen LogP contribution in [0.5, 0.6) is 0 Å². The van der Waals surface area contributed by atoms with E-state index in [-0.39, 0.29) is 11.8 Å². The van der Waals surface area contributed by atoms with Crippen LogP contribution in [0.25, 0.3) is 0 Å². The second-order valence-electron chi connectivity index (χ2n) is 5.77. The third-order valence-electron chi connectivity index (χ3n) is 3.58. The topological polar surface area (TPSA) is 101 Å². The number of carbonyl (C=O) groups is 3. The lowest BCUT2D eigenvalue weighted by Gasteiger charge is -2.06.